The van der Waals surface area contributed by atoms with Crippen molar-refractivity contribution >= 4 is 10.0 Å². The number of aromatic nitrogens is 3. The van der Waals surface area contributed by atoms with Crippen LogP contribution in [0.1, 0.15) is 18.9 Å². The fourth-order valence-electron chi connectivity index (χ4n) is 2.77. The number of nitrogens with one attached hydrogen (secondary N) is 1. The average molecular weight is 374 g/mol. The molecule has 0 saturated heterocycles. The first-order valence-corrected chi connectivity index (χ1v) is 9.82. The van der Waals surface area contributed by atoms with Crippen molar-refractivity contribution in [2.75, 3.05) is 6.54 Å². The summed E-state index contributed by atoms with van der Waals surface area (Å²) >= 11 is 0. The van der Waals surface area contributed by atoms with Crippen LogP contribution in [-0.2, 0) is 16.6 Å². The highest BCUT2D eigenvalue weighted by molar-refractivity contribution is 7.89. The lowest BCUT2D eigenvalue weighted by Crippen LogP contribution is -2.32. The second-order valence-corrected chi connectivity index (χ2v) is 7.89. The van der Waals surface area contributed by atoms with Crippen molar-refractivity contribution in [2.24, 2.45) is 0 Å². The summed E-state index contributed by atoms with van der Waals surface area (Å²) in [5, 5.41) is 4.34. The molecule has 8 nitrogen and oxygen atoms in total. The summed E-state index contributed by atoms with van der Waals surface area (Å²) in [6, 6.07) is 11.7. The third-order valence-corrected chi connectivity index (χ3v) is 5.67. The predicted octanol–water partition coefficient (Wildman–Crippen LogP) is 1.62. The zero-order valence-electron chi connectivity index (χ0n) is 13.9. The van der Waals surface area contributed by atoms with Crippen LogP contribution in [0.25, 0.3) is 11.6 Å². The first-order valence-electron chi connectivity index (χ1n) is 8.34. The summed E-state index contributed by atoms with van der Waals surface area (Å²) in [4.78, 5) is 12.8. The van der Waals surface area contributed by atoms with Crippen LogP contribution in [0.15, 0.2) is 62.8 Å². The lowest BCUT2D eigenvalue weighted by molar-refractivity contribution is 0.546. The molecule has 1 saturated carbocycles. The van der Waals surface area contributed by atoms with E-state index in [9.17, 15) is 13.2 Å². The molecule has 26 heavy (non-hydrogen) atoms. The van der Waals surface area contributed by atoms with Crippen LogP contribution < -0.4 is 10.4 Å². The topological polar surface area (TPSA) is 99.1 Å². The van der Waals surface area contributed by atoms with Gasteiger partial charge in [0.15, 0.2) is 5.76 Å². The molecule has 0 atom stereocenters. The highest BCUT2D eigenvalue weighted by atomic mass is 32.2. The number of nitrogens with zero attached hydrogens (tertiary/aromatic N) is 3. The van der Waals surface area contributed by atoms with E-state index < -0.39 is 10.0 Å². The van der Waals surface area contributed by atoms with E-state index in [1.807, 2.05) is 0 Å². The van der Waals surface area contributed by atoms with Crippen molar-refractivity contribution < 1.29 is 12.8 Å². The van der Waals surface area contributed by atoms with Gasteiger partial charge in [-0.1, -0.05) is 18.2 Å². The van der Waals surface area contributed by atoms with E-state index in [1.165, 1.54) is 23.1 Å². The molecule has 0 spiro atoms. The Morgan fingerprint density at radius 2 is 1.92 bits per heavy atom. The Balaban J connectivity index is 1.53. The maximum Gasteiger partial charge on any atom is 0.346 e. The molecular weight excluding hydrogens is 356 g/mol. The fraction of sp³-hybridized carbons (Fsp3) is 0.294. The van der Waals surface area contributed by atoms with E-state index in [4.69, 9.17) is 4.42 Å². The van der Waals surface area contributed by atoms with Crippen molar-refractivity contribution in [2.45, 2.75) is 30.3 Å². The summed E-state index contributed by atoms with van der Waals surface area (Å²) in [5.41, 5.74) is -0.252. The number of hydrogen-bond donors (Lipinski definition) is 1. The molecule has 3 aromatic rings. The van der Waals surface area contributed by atoms with E-state index >= 15 is 0 Å². The molecule has 0 radical (unpaired) electrons. The molecule has 2 heterocycles. The van der Waals surface area contributed by atoms with Crippen molar-refractivity contribution in [1.82, 2.24) is 19.1 Å². The van der Waals surface area contributed by atoms with Crippen LogP contribution in [0.2, 0.25) is 0 Å². The quantitative estimate of drug-likeness (QED) is 0.677. The number of furan rings is 1. The van der Waals surface area contributed by atoms with Gasteiger partial charge in [0.25, 0.3) is 0 Å². The molecule has 1 aliphatic carbocycles. The minimum Gasteiger partial charge on any atom is -0.461 e. The number of hydrogen-bond acceptors (Lipinski definition) is 5. The molecule has 0 unspecified atom stereocenters. The predicted molar refractivity (Wildman–Crippen MR) is 94.1 cm³/mol. The molecule has 1 aromatic carbocycles. The average Bonchev–Trinajstić information content (AvgIpc) is 3.21. The smallest absolute Gasteiger partial charge is 0.346 e. The third kappa shape index (κ3) is 3.23. The van der Waals surface area contributed by atoms with Gasteiger partial charge in [-0.3, -0.25) is 4.57 Å². The maximum absolute atomic E-state index is 12.6. The van der Waals surface area contributed by atoms with Gasteiger partial charge in [0, 0.05) is 12.6 Å². The van der Waals surface area contributed by atoms with E-state index in [0.717, 1.165) is 12.8 Å². The lowest BCUT2D eigenvalue weighted by atomic mass is 10.4. The molecule has 2 aromatic heterocycles. The molecule has 0 aliphatic heterocycles. The van der Waals surface area contributed by atoms with Gasteiger partial charge in [-0.05, 0) is 37.1 Å². The Kier molecular flexibility index (Phi) is 4.25. The highest BCUT2D eigenvalue weighted by Gasteiger charge is 2.31. The van der Waals surface area contributed by atoms with Gasteiger partial charge in [0.05, 0.1) is 17.7 Å². The molecule has 136 valence electrons. The van der Waals surface area contributed by atoms with Crippen molar-refractivity contribution in [3.8, 4) is 11.6 Å². The fourth-order valence-corrected chi connectivity index (χ4v) is 3.81. The first-order chi connectivity index (χ1) is 12.6. The second-order valence-electron chi connectivity index (χ2n) is 6.12. The van der Waals surface area contributed by atoms with Gasteiger partial charge in [-0.25, -0.2) is 22.6 Å². The SMILES string of the molecule is O=c1n(CCNS(=O)(=O)c2ccccc2)nc(-c2ccco2)n1C1CC1. The molecule has 1 N–H and O–H groups in total. The number of sulfonamides is 1. The Hall–Kier alpha value is -2.65. The van der Waals surface area contributed by atoms with Crippen molar-refractivity contribution in [1.29, 1.82) is 0 Å². The number of rotatable bonds is 7. The second kappa shape index (κ2) is 6.58. The number of benzene rings is 1. The van der Waals surface area contributed by atoms with E-state index in [1.54, 1.807) is 34.9 Å². The van der Waals surface area contributed by atoms with Gasteiger partial charge in [0.1, 0.15) is 0 Å². The minimum absolute atomic E-state index is 0.0659. The first kappa shape index (κ1) is 16.8. The van der Waals surface area contributed by atoms with Gasteiger partial charge in [-0.2, -0.15) is 0 Å². The molecule has 1 fully saturated rings. The normalized spacial score (nSPS) is 14.6. The van der Waals surface area contributed by atoms with Gasteiger partial charge in [-0.15, -0.1) is 5.10 Å². The van der Waals surface area contributed by atoms with Crippen LogP contribution in [0, 0.1) is 0 Å². The zero-order chi connectivity index (χ0) is 18.1. The third-order valence-electron chi connectivity index (χ3n) is 4.19. The molecule has 9 heteroatoms. The zero-order valence-corrected chi connectivity index (χ0v) is 14.7. The summed E-state index contributed by atoms with van der Waals surface area (Å²) in [5.74, 6) is 1.01. The summed E-state index contributed by atoms with van der Waals surface area (Å²) in [6.07, 6.45) is 3.39. The summed E-state index contributed by atoms with van der Waals surface area (Å²) < 4.78 is 35.3. The standard InChI is InChI=1S/C17H18N4O4S/c22-17-20(11-10-18-26(23,24)14-5-2-1-3-6-14)19-16(15-7-4-12-25-15)21(17)13-8-9-13/h1-7,12-13,18H,8-11H2. The van der Waals surface area contributed by atoms with E-state index in [0.29, 0.717) is 11.6 Å². The van der Waals surface area contributed by atoms with Crippen LogP contribution in [0.4, 0.5) is 0 Å². The van der Waals surface area contributed by atoms with Gasteiger partial charge < -0.3 is 4.42 Å². The van der Waals surface area contributed by atoms with Crippen molar-refractivity contribution in [3.05, 3.63) is 59.2 Å². The molecule has 4 rings (SSSR count). The van der Waals surface area contributed by atoms with Crippen LogP contribution in [-0.4, -0.2) is 29.3 Å². The van der Waals surface area contributed by atoms with Crippen LogP contribution >= 0.6 is 0 Å². The molecule has 0 bridgehead atoms. The Labute approximate surface area is 150 Å². The Morgan fingerprint density at radius 1 is 1.15 bits per heavy atom. The highest BCUT2D eigenvalue weighted by Crippen LogP contribution is 2.36. The molecule has 1 aliphatic rings. The molecular formula is C17H18N4O4S. The monoisotopic (exact) mass is 374 g/mol. The Bertz CT molecular complexity index is 1050. The van der Waals surface area contributed by atoms with E-state index in [2.05, 4.69) is 9.82 Å². The maximum atomic E-state index is 12.6. The minimum atomic E-state index is -3.61. The summed E-state index contributed by atoms with van der Waals surface area (Å²) in [6.45, 7) is 0.203. The van der Waals surface area contributed by atoms with Crippen LogP contribution in [0.3, 0.4) is 0 Å². The van der Waals surface area contributed by atoms with Gasteiger partial charge >= 0.3 is 5.69 Å². The summed E-state index contributed by atoms with van der Waals surface area (Å²) in [7, 11) is -3.61. The Morgan fingerprint density at radius 3 is 2.58 bits per heavy atom. The molecule has 0 amide bonds. The van der Waals surface area contributed by atoms with Crippen LogP contribution in [0.5, 0.6) is 0 Å². The van der Waals surface area contributed by atoms with Crippen molar-refractivity contribution in [3.63, 3.8) is 0 Å². The van der Waals surface area contributed by atoms with E-state index in [-0.39, 0.29) is 29.7 Å². The lowest BCUT2D eigenvalue weighted by Gasteiger charge is -2.06. The largest absolute Gasteiger partial charge is 0.461 e. The van der Waals surface area contributed by atoms with Gasteiger partial charge in [0.2, 0.25) is 15.8 Å².